The van der Waals surface area contributed by atoms with Crippen LogP contribution in [0.5, 0.6) is 11.5 Å². The van der Waals surface area contributed by atoms with Crippen molar-refractivity contribution in [3.05, 3.63) is 29.8 Å². The second-order valence-corrected chi connectivity index (χ2v) is 8.63. The highest BCUT2D eigenvalue weighted by molar-refractivity contribution is 5.63. The lowest BCUT2D eigenvalue weighted by Crippen LogP contribution is -1.85. The summed E-state index contributed by atoms with van der Waals surface area (Å²) in [4.78, 5) is 0. The van der Waals surface area contributed by atoms with E-state index in [0.717, 1.165) is 12.8 Å². The minimum Gasteiger partial charge on any atom is -0.507 e. The number of phenolic OH excluding ortho intramolecular Hbond substituents is 2. The zero-order valence-corrected chi connectivity index (χ0v) is 19.2. The minimum absolute atomic E-state index is 0.136. The predicted octanol–water partition coefficient (Wildman–Crippen LogP) is 8.13. The molecule has 0 radical (unpaired) electrons. The van der Waals surface area contributed by atoms with Crippen LogP contribution >= 0.6 is 0 Å². The van der Waals surface area contributed by atoms with Crippen LogP contribution in [0.4, 0.5) is 0 Å². The van der Waals surface area contributed by atoms with Crippen molar-refractivity contribution in [2.45, 2.75) is 116 Å². The fraction of sp³-hybridized carbons (Fsp3) is 0.704. The number of aromatic hydroxyl groups is 2. The molecule has 1 aromatic carbocycles. The number of allylic oxidation sites excluding steroid dienone is 1. The highest BCUT2D eigenvalue weighted by Crippen LogP contribution is 2.27. The Kier molecular flexibility index (Phi) is 17.2. The van der Waals surface area contributed by atoms with Gasteiger partial charge in [0.05, 0.1) is 5.56 Å². The van der Waals surface area contributed by atoms with Crippen LogP contribution in [0, 0.1) is 0 Å². The summed E-state index contributed by atoms with van der Waals surface area (Å²) >= 11 is 0. The van der Waals surface area contributed by atoms with Crippen molar-refractivity contribution in [3.63, 3.8) is 0 Å². The third-order valence-electron chi connectivity index (χ3n) is 5.87. The number of benzene rings is 1. The Morgan fingerprint density at radius 1 is 0.533 bits per heavy atom. The van der Waals surface area contributed by atoms with Crippen molar-refractivity contribution in [2.24, 2.45) is 0 Å². The van der Waals surface area contributed by atoms with E-state index in [4.69, 9.17) is 5.11 Å². The van der Waals surface area contributed by atoms with Gasteiger partial charge in [-0.25, -0.2) is 0 Å². The fourth-order valence-electron chi connectivity index (χ4n) is 3.94. The van der Waals surface area contributed by atoms with Crippen molar-refractivity contribution >= 4 is 6.08 Å². The summed E-state index contributed by atoms with van der Waals surface area (Å²) in [6.07, 6.45) is 27.3. The monoisotopic (exact) mass is 418 g/mol. The van der Waals surface area contributed by atoms with E-state index < -0.39 is 0 Å². The zero-order valence-electron chi connectivity index (χ0n) is 19.2. The van der Waals surface area contributed by atoms with Crippen molar-refractivity contribution in [1.29, 1.82) is 0 Å². The molecule has 172 valence electrons. The molecule has 1 rings (SSSR count). The van der Waals surface area contributed by atoms with E-state index in [2.05, 4.69) is 0 Å². The summed E-state index contributed by atoms with van der Waals surface area (Å²) in [6, 6.07) is 4.85. The van der Waals surface area contributed by atoms with Crippen LogP contribution in [0.15, 0.2) is 24.3 Å². The third-order valence-corrected chi connectivity index (χ3v) is 5.87. The van der Waals surface area contributed by atoms with Crippen molar-refractivity contribution in [2.75, 3.05) is 6.61 Å². The summed E-state index contributed by atoms with van der Waals surface area (Å²) in [5, 5.41) is 28.2. The molecular weight excluding hydrogens is 372 g/mol. The molecule has 0 amide bonds. The Morgan fingerprint density at radius 2 is 0.900 bits per heavy atom. The molecule has 0 aromatic heterocycles. The van der Waals surface area contributed by atoms with Crippen LogP contribution in [0.1, 0.15) is 121 Å². The molecule has 30 heavy (non-hydrogen) atoms. The number of aliphatic hydroxyl groups is 1. The first-order valence-electron chi connectivity index (χ1n) is 12.5. The zero-order chi connectivity index (χ0) is 21.7. The Balaban J connectivity index is 1.79. The van der Waals surface area contributed by atoms with Crippen LogP contribution in [0.3, 0.4) is 0 Å². The molecule has 0 fully saturated rings. The maximum absolute atomic E-state index is 9.73. The first-order valence-corrected chi connectivity index (χ1v) is 12.5. The highest BCUT2D eigenvalue weighted by Gasteiger charge is 2.01. The molecule has 0 aliphatic heterocycles. The lowest BCUT2D eigenvalue weighted by atomic mass is 10.0. The Hall–Kier alpha value is -1.48. The van der Waals surface area contributed by atoms with E-state index in [1.165, 1.54) is 103 Å². The van der Waals surface area contributed by atoms with E-state index in [0.29, 0.717) is 12.2 Å². The van der Waals surface area contributed by atoms with E-state index >= 15 is 0 Å². The van der Waals surface area contributed by atoms with Crippen LogP contribution in [0.25, 0.3) is 6.08 Å². The number of aliphatic hydroxyl groups excluding tert-OH is 1. The number of rotatable bonds is 20. The van der Waals surface area contributed by atoms with Gasteiger partial charge in [-0.15, -0.1) is 0 Å². The molecule has 3 N–H and O–H groups in total. The summed E-state index contributed by atoms with van der Waals surface area (Å²) in [6.45, 7) is 0.353. The smallest absolute Gasteiger partial charge is 0.126 e. The first kappa shape index (κ1) is 26.6. The summed E-state index contributed by atoms with van der Waals surface area (Å²) in [7, 11) is 0. The molecule has 3 heteroatoms. The van der Waals surface area contributed by atoms with Gasteiger partial charge >= 0.3 is 0 Å². The standard InChI is InChI=1S/C27H46O3/c28-24-19-17-15-13-11-9-7-5-3-1-2-4-6-8-10-12-14-16-18-21-25-26(29)22-20-23-27(25)30/h18,20-23,28-30H,1-17,19,24H2. The molecule has 0 bridgehead atoms. The molecule has 1 aromatic rings. The molecular formula is C27H46O3. The first-order chi connectivity index (χ1) is 14.8. The molecule has 0 heterocycles. The van der Waals surface area contributed by atoms with Gasteiger partial charge in [-0.3, -0.25) is 0 Å². The van der Waals surface area contributed by atoms with E-state index in [1.54, 1.807) is 18.2 Å². The lowest BCUT2D eigenvalue weighted by molar-refractivity contribution is 0.282. The van der Waals surface area contributed by atoms with Crippen LogP contribution < -0.4 is 0 Å². The van der Waals surface area contributed by atoms with Crippen molar-refractivity contribution < 1.29 is 15.3 Å². The van der Waals surface area contributed by atoms with Gasteiger partial charge in [-0.1, -0.05) is 115 Å². The van der Waals surface area contributed by atoms with Crippen LogP contribution in [-0.2, 0) is 0 Å². The van der Waals surface area contributed by atoms with Gasteiger partial charge in [-0.2, -0.15) is 0 Å². The molecule has 3 nitrogen and oxygen atoms in total. The topological polar surface area (TPSA) is 60.7 Å². The van der Waals surface area contributed by atoms with E-state index in [9.17, 15) is 10.2 Å². The van der Waals surface area contributed by atoms with Gasteiger partial charge in [0.1, 0.15) is 11.5 Å². The molecule has 0 atom stereocenters. The molecule has 0 aliphatic carbocycles. The van der Waals surface area contributed by atoms with Crippen LogP contribution in [0.2, 0.25) is 0 Å². The molecule has 0 aliphatic rings. The number of hydrogen-bond donors (Lipinski definition) is 3. The molecule has 0 unspecified atom stereocenters. The normalized spacial score (nSPS) is 11.5. The van der Waals surface area contributed by atoms with Crippen molar-refractivity contribution in [1.82, 2.24) is 0 Å². The van der Waals surface area contributed by atoms with Crippen LogP contribution in [-0.4, -0.2) is 21.9 Å². The second-order valence-electron chi connectivity index (χ2n) is 8.63. The average Bonchev–Trinajstić information content (AvgIpc) is 2.74. The molecule has 0 saturated heterocycles. The fourth-order valence-corrected chi connectivity index (χ4v) is 3.94. The lowest BCUT2D eigenvalue weighted by Gasteiger charge is -2.04. The summed E-state index contributed by atoms with van der Waals surface area (Å²) in [5.41, 5.74) is 0.520. The Morgan fingerprint density at radius 3 is 1.30 bits per heavy atom. The predicted molar refractivity (Wildman–Crippen MR) is 129 cm³/mol. The van der Waals surface area contributed by atoms with E-state index in [-0.39, 0.29) is 11.5 Å². The second kappa shape index (κ2) is 19.5. The quantitative estimate of drug-likeness (QED) is 0.187. The maximum Gasteiger partial charge on any atom is 0.126 e. The molecule has 0 spiro atoms. The third kappa shape index (κ3) is 14.5. The highest BCUT2D eigenvalue weighted by atomic mass is 16.3. The maximum atomic E-state index is 9.73. The van der Waals surface area contributed by atoms with Gasteiger partial charge in [0.15, 0.2) is 0 Å². The SMILES string of the molecule is OCCCCCCCCCCCCCCCCCCCC=Cc1c(O)cccc1O. The largest absolute Gasteiger partial charge is 0.507 e. The minimum atomic E-state index is 0.136. The van der Waals surface area contributed by atoms with Gasteiger partial charge in [0.25, 0.3) is 0 Å². The number of unbranched alkanes of at least 4 members (excludes halogenated alkanes) is 17. The number of hydrogen-bond acceptors (Lipinski definition) is 3. The van der Waals surface area contributed by atoms with Gasteiger partial charge < -0.3 is 15.3 Å². The van der Waals surface area contributed by atoms with Gasteiger partial charge in [-0.05, 0) is 31.4 Å². The van der Waals surface area contributed by atoms with Gasteiger partial charge in [0.2, 0.25) is 0 Å². The molecule has 0 saturated carbocycles. The van der Waals surface area contributed by atoms with E-state index in [1.807, 2.05) is 12.2 Å². The average molecular weight is 419 g/mol. The summed E-state index contributed by atoms with van der Waals surface area (Å²) in [5.74, 6) is 0.271. The number of phenols is 2. The Bertz CT molecular complexity index is 519. The summed E-state index contributed by atoms with van der Waals surface area (Å²) < 4.78 is 0. The Labute approximate surface area is 185 Å². The van der Waals surface area contributed by atoms with Crippen molar-refractivity contribution in [3.8, 4) is 11.5 Å². The van der Waals surface area contributed by atoms with Gasteiger partial charge in [0, 0.05) is 6.61 Å².